The molecule has 0 radical (unpaired) electrons. The molecule has 0 spiro atoms. The highest BCUT2D eigenvalue weighted by Crippen LogP contribution is 2.40. The van der Waals surface area contributed by atoms with Crippen molar-refractivity contribution in [3.8, 4) is 5.75 Å². The fourth-order valence-corrected chi connectivity index (χ4v) is 2.05. The number of amides is 2. The fraction of sp³-hybridized carbons (Fsp3) is 0.357. The van der Waals surface area contributed by atoms with Gasteiger partial charge >= 0.3 is 6.03 Å². The molecule has 0 atom stereocenters. The van der Waals surface area contributed by atoms with Crippen molar-refractivity contribution >= 4 is 11.7 Å². The largest absolute Gasteiger partial charge is 0.485 e. The van der Waals surface area contributed by atoms with Gasteiger partial charge in [-0.25, -0.2) is 4.79 Å². The molecule has 4 nitrogen and oxygen atoms in total. The number of fused-ring (bicyclic) bond motifs is 1. The third-order valence-corrected chi connectivity index (χ3v) is 2.75. The van der Waals surface area contributed by atoms with E-state index in [1.807, 2.05) is 32.0 Å². The van der Waals surface area contributed by atoms with Gasteiger partial charge in [0.2, 0.25) is 0 Å². The van der Waals surface area contributed by atoms with Crippen LogP contribution in [0.25, 0.3) is 0 Å². The lowest BCUT2D eigenvalue weighted by Gasteiger charge is -2.18. The molecule has 0 unspecified atom stereocenters. The Labute approximate surface area is 107 Å². The molecule has 4 heteroatoms. The molecule has 1 heterocycles. The van der Waals surface area contributed by atoms with Gasteiger partial charge in [0.25, 0.3) is 0 Å². The third kappa shape index (κ3) is 2.64. The molecule has 2 rings (SSSR count). The molecule has 0 saturated carbocycles. The van der Waals surface area contributed by atoms with Crippen LogP contribution in [-0.4, -0.2) is 18.2 Å². The zero-order chi connectivity index (χ0) is 13.2. The summed E-state index contributed by atoms with van der Waals surface area (Å²) in [6.45, 7) is 8.06. The molecule has 2 N–H and O–H groups in total. The van der Waals surface area contributed by atoms with E-state index in [0.717, 1.165) is 17.7 Å². The minimum atomic E-state index is -0.253. The maximum absolute atomic E-state index is 11.6. The maximum atomic E-state index is 11.6. The average molecular weight is 246 g/mol. The molecule has 96 valence electrons. The van der Waals surface area contributed by atoms with Gasteiger partial charge in [0, 0.05) is 18.5 Å². The number of para-hydroxylation sites is 1. The van der Waals surface area contributed by atoms with Crippen LogP contribution in [0.3, 0.4) is 0 Å². The Balaban J connectivity index is 2.14. The predicted molar refractivity (Wildman–Crippen MR) is 72.1 cm³/mol. The smallest absolute Gasteiger partial charge is 0.319 e. The summed E-state index contributed by atoms with van der Waals surface area (Å²) in [7, 11) is 0. The Hall–Kier alpha value is -1.97. The van der Waals surface area contributed by atoms with Crippen molar-refractivity contribution in [2.24, 2.45) is 0 Å². The summed E-state index contributed by atoms with van der Waals surface area (Å²) >= 11 is 0. The second-order valence-corrected chi connectivity index (χ2v) is 4.96. The van der Waals surface area contributed by atoms with Crippen molar-refractivity contribution in [1.29, 1.82) is 0 Å². The van der Waals surface area contributed by atoms with Crippen molar-refractivity contribution in [1.82, 2.24) is 5.32 Å². The van der Waals surface area contributed by atoms with E-state index < -0.39 is 0 Å². The molecule has 1 aliphatic heterocycles. The topological polar surface area (TPSA) is 50.4 Å². The number of rotatable bonds is 3. The van der Waals surface area contributed by atoms with E-state index in [1.54, 1.807) is 6.08 Å². The van der Waals surface area contributed by atoms with Gasteiger partial charge in [-0.15, -0.1) is 6.58 Å². The maximum Gasteiger partial charge on any atom is 0.319 e. The summed E-state index contributed by atoms with van der Waals surface area (Å²) < 4.78 is 5.87. The standard InChI is InChI=1S/C14H18N2O2/c1-4-8-15-13(17)16-11-7-5-6-10-9-14(2,3)18-12(10)11/h4-7H,1,8-9H2,2-3H3,(H2,15,16,17). The van der Waals surface area contributed by atoms with Gasteiger partial charge in [0.1, 0.15) is 11.4 Å². The van der Waals surface area contributed by atoms with Crippen LogP contribution in [0.15, 0.2) is 30.9 Å². The highest BCUT2D eigenvalue weighted by atomic mass is 16.5. The Morgan fingerprint density at radius 3 is 3.06 bits per heavy atom. The van der Waals surface area contributed by atoms with Crippen LogP contribution in [0.5, 0.6) is 5.75 Å². The SMILES string of the molecule is C=CCNC(=O)Nc1cccc2c1OC(C)(C)C2. The van der Waals surface area contributed by atoms with E-state index in [0.29, 0.717) is 12.2 Å². The highest BCUT2D eigenvalue weighted by Gasteiger charge is 2.31. The van der Waals surface area contributed by atoms with Gasteiger partial charge in [0.15, 0.2) is 0 Å². The van der Waals surface area contributed by atoms with Gasteiger partial charge < -0.3 is 15.4 Å². The number of hydrogen-bond acceptors (Lipinski definition) is 2. The molecule has 0 bridgehead atoms. The minimum absolute atomic E-state index is 0.211. The fourth-order valence-electron chi connectivity index (χ4n) is 2.05. The van der Waals surface area contributed by atoms with Crippen LogP contribution >= 0.6 is 0 Å². The molecule has 1 aromatic carbocycles. The number of hydrogen-bond donors (Lipinski definition) is 2. The molecular weight excluding hydrogens is 228 g/mol. The van der Waals surface area contributed by atoms with E-state index >= 15 is 0 Å². The van der Waals surface area contributed by atoms with Gasteiger partial charge in [-0.1, -0.05) is 18.2 Å². The van der Waals surface area contributed by atoms with Crippen molar-refractivity contribution in [2.45, 2.75) is 25.9 Å². The van der Waals surface area contributed by atoms with Crippen molar-refractivity contribution in [3.63, 3.8) is 0 Å². The van der Waals surface area contributed by atoms with E-state index in [-0.39, 0.29) is 11.6 Å². The van der Waals surface area contributed by atoms with Gasteiger partial charge in [-0.05, 0) is 19.9 Å². The van der Waals surface area contributed by atoms with Gasteiger partial charge in [-0.2, -0.15) is 0 Å². The number of carbonyl (C=O) groups excluding carboxylic acids is 1. The summed E-state index contributed by atoms with van der Waals surface area (Å²) in [4.78, 5) is 11.6. The Kier molecular flexibility index (Phi) is 3.28. The number of nitrogens with one attached hydrogen (secondary N) is 2. The van der Waals surface area contributed by atoms with Crippen molar-refractivity contribution in [3.05, 3.63) is 36.4 Å². The molecule has 0 saturated heterocycles. The van der Waals surface area contributed by atoms with E-state index in [1.165, 1.54) is 0 Å². The molecule has 2 amide bonds. The van der Waals surface area contributed by atoms with Crippen molar-refractivity contribution < 1.29 is 9.53 Å². The molecule has 1 aliphatic rings. The highest BCUT2D eigenvalue weighted by molar-refractivity contribution is 5.91. The van der Waals surface area contributed by atoms with E-state index in [4.69, 9.17) is 4.74 Å². The van der Waals surface area contributed by atoms with Crippen LogP contribution < -0.4 is 15.4 Å². The predicted octanol–water partition coefficient (Wildman–Crippen LogP) is 2.71. The quantitative estimate of drug-likeness (QED) is 0.806. The van der Waals surface area contributed by atoms with Crippen LogP contribution in [0.1, 0.15) is 19.4 Å². The Morgan fingerprint density at radius 2 is 2.33 bits per heavy atom. The Morgan fingerprint density at radius 1 is 1.56 bits per heavy atom. The van der Waals surface area contributed by atoms with Crippen LogP contribution in [0.4, 0.5) is 10.5 Å². The second-order valence-electron chi connectivity index (χ2n) is 4.96. The zero-order valence-electron chi connectivity index (χ0n) is 10.7. The molecular formula is C14H18N2O2. The summed E-state index contributed by atoms with van der Waals surface area (Å²) in [5, 5.41) is 5.46. The molecule has 0 aromatic heterocycles. The third-order valence-electron chi connectivity index (χ3n) is 2.75. The average Bonchev–Trinajstić information content (AvgIpc) is 2.62. The van der Waals surface area contributed by atoms with Gasteiger partial charge in [0.05, 0.1) is 5.69 Å². The lowest BCUT2D eigenvalue weighted by atomic mass is 10.0. The zero-order valence-corrected chi connectivity index (χ0v) is 10.7. The molecule has 0 aliphatic carbocycles. The van der Waals surface area contributed by atoms with E-state index in [9.17, 15) is 4.79 Å². The first-order chi connectivity index (χ1) is 8.52. The second kappa shape index (κ2) is 4.72. The molecule has 0 fully saturated rings. The normalized spacial score (nSPS) is 15.4. The summed E-state index contributed by atoms with van der Waals surface area (Å²) in [5.41, 5.74) is 1.62. The first kappa shape index (κ1) is 12.5. The summed E-state index contributed by atoms with van der Waals surface area (Å²) in [6.07, 6.45) is 2.49. The first-order valence-electron chi connectivity index (χ1n) is 5.98. The van der Waals surface area contributed by atoms with Crippen LogP contribution in [-0.2, 0) is 6.42 Å². The lowest BCUT2D eigenvalue weighted by molar-refractivity contribution is 0.139. The number of ether oxygens (including phenoxy) is 1. The minimum Gasteiger partial charge on any atom is -0.485 e. The molecule has 1 aromatic rings. The summed E-state index contributed by atoms with van der Waals surface area (Å²) in [6, 6.07) is 5.54. The number of urea groups is 1. The summed E-state index contributed by atoms with van der Waals surface area (Å²) in [5.74, 6) is 0.774. The van der Waals surface area contributed by atoms with Gasteiger partial charge in [-0.3, -0.25) is 0 Å². The number of benzene rings is 1. The lowest BCUT2D eigenvalue weighted by Crippen LogP contribution is -2.29. The van der Waals surface area contributed by atoms with Crippen LogP contribution in [0.2, 0.25) is 0 Å². The van der Waals surface area contributed by atoms with E-state index in [2.05, 4.69) is 17.2 Å². The van der Waals surface area contributed by atoms with Crippen LogP contribution in [0, 0.1) is 0 Å². The number of anilines is 1. The molecule has 18 heavy (non-hydrogen) atoms. The number of carbonyl (C=O) groups is 1. The Bertz CT molecular complexity index is 481. The van der Waals surface area contributed by atoms with Crippen molar-refractivity contribution in [2.75, 3.05) is 11.9 Å². The monoisotopic (exact) mass is 246 g/mol. The first-order valence-corrected chi connectivity index (χ1v) is 5.98.